The lowest BCUT2D eigenvalue weighted by Gasteiger charge is -2.10. The third-order valence-corrected chi connectivity index (χ3v) is 4.50. The molecule has 4 aromatic rings. The molecule has 134 valence electrons. The van der Waals surface area contributed by atoms with Crippen molar-refractivity contribution in [2.24, 2.45) is 7.05 Å². The summed E-state index contributed by atoms with van der Waals surface area (Å²) in [6.07, 6.45) is 0. The number of benzene rings is 3. The van der Waals surface area contributed by atoms with Crippen LogP contribution in [0, 0.1) is 0 Å². The summed E-state index contributed by atoms with van der Waals surface area (Å²) in [6, 6.07) is 20.8. The Morgan fingerprint density at radius 1 is 0.704 bits per heavy atom. The van der Waals surface area contributed by atoms with E-state index in [2.05, 4.69) is 5.10 Å². The van der Waals surface area contributed by atoms with Crippen LogP contribution in [-0.4, -0.2) is 25.1 Å². The predicted octanol–water partition coefficient (Wildman–Crippen LogP) is 4.54. The van der Waals surface area contributed by atoms with E-state index in [0.717, 1.165) is 22.4 Å². The maximum atomic E-state index is 10.5. The van der Waals surface area contributed by atoms with E-state index in [0.29, 0.717) is 11.3 Å². The minimum Gasteiger partial charge on any atom is -0.508 e. The fraction of sp³-hybridized carbons (Fsp3) is 0.0455. The molecule has 1 aromatic heterocycles. The second-order valence-corrected chi connectivity index (χ2v) is 6.31. The van der Waals surface area contributed by atoms with Crippen LogP contribution in [0.2, 0.25) is 0 Å². The first-order valence-electron chi connectivity index (χ1n) is 8.49. The number of phenols is 3. The molecule has 0 aliphatic carbocycles. The normalized spacial score (nSPS) is 10.9. The maximum absolute atomic E-state index is 10.5. The molecule has 0 amide bonds. The van der Waals surface area contributed by atoms with Gasteiger partial charge in [-0.15, -0.1) is 0 Å². The first-order chi connectivity index (χ1) is 13.0. The van der Waals surface area contributed by atoms with E-state index < -0.39 is 0 Å². The van der Waals surface area contributed by atoms with E-state index in [4.69, 9.17) is 0 Å². The van der Waals surface area contributed by atoms with Gasteiger partial charge in [-0.2, -0.15) is 5.10 Å². The summed E-state index contributed by atoms with van der Waals surface area (Å²) in [4.78, 5) is 0. The summed E-state index contributed by atoms with van der Waals surface area (Å²) in [5.41, 5.74) is 4.66. The average Bonchev–Trinajstić information content (AvgIpc) is 3.00. The van der Waals surface area contributed by atoms with Crippen molar-refractivity contribution in [2.75, 3.05) is 0 Å². The van der Waals surface area contributed by atoms with Crippen molar-refractivity contribution in [2.45, 2.75) is 0 Å². The van der Waals surface area contributed by atoms with Gasteiger partial charge in [-0.05, 0) is 54.6 Å². The Balaban J connectivity index is 2.03. The largest absolute Gasteiger partial charge is 0.508 e. The first kappa shape index (κ1) is 16.7. The molecule has 0 bridgehead atoms. The summed E-state index contributed by atoms with van der Waals surface area (Å²) in [7, 11) is 1.84. The predicted molar refractivity (Wildman–Crippen MR) is 105 cm³/mol. The van der Waals surface area contributed by atoms with Crippen molar-refractivity contribution in [3.05, 3.63) is 72.8 Å². The summed E-state index contributed by atoms with van der Waals surface area (Å²) in [5, 5.41) is 34.4. The molecule has 0 aliphatic rings. The van der Waals surface area contributed by atoms with Gasteiger partial charge in [-0.1, -0.05) is 18.2 Å². The van der Waals surface area contributed by atoms with E-state index in [1.807, 2.05) is 31.3 Å². The maximum Gasteiger partial charge on any atom is 0.123 e. The minimum atomic E-state index is 0.158. The number of rotatable bonds is 3. The Kier molecular flexibility index (Phi) is 4.05. The Hall–Kier alpha value is -3.73. The van der Waals surface area contributed by atoms with Crippen molar-refractivity contribution in [1.29, 1.82) is 0 Å². The molecular formula is C22H18N2O3. The van der Waals surface area contributed by atoms with Crippen molar-refractivity contribution in [1.82, 2.24) is 9.78 Å². The van der Waals surface area contributed by atoms with Gasteiger partial charge >= 0.3 is 0 Å². The quantitative estimate of drug-likeness (QED) is 0.502. The third kappa shape index (κ3) is 3.00. The van der Waals surface area contributed by atoms with Crippen LogP contribution in [0.1, 0.15) is 0 Å². The lowest BCUT2D eigenvalue weighted by Crippen LogP contribution is -1.94. The molecule has 5 heteroatoms. The molecule has 0 spiro atoms. The number of aromatic hydroxyl groups is 3. The molecule has 0 fully saturated rings. The third-order valence-electron chi connectivity index (χ3n) is 4.50. The number of aromatic nitrogens is 2. The number of para-hydroxylation sites is 1. The van der Waals surface area contributed by atoms with Gasteiger partial charge in [0, 0.05) is 29.3 Å². The summed E-state index contributed by atoms with van der Waals surface area (Å²) in [5.74, 6) is 0.520. The molecule has 0 unspecified atom stereocenters. The van der Waals surface area contributed by atoms with E-state index in [-0.39, 0.29) is 17.2 Å². The molecule has 0 saturated carbocycles. The van der Waals surface area contributed by atoms with E-state index in [1.165, 1.54) is 0 Å². The zero-order valence-electron chi connectivity index (χ0n) is 14.7. The van der Waals surface area contributed by atoms with Gasteiger partial charge in [0.15, 0.2) is 0 Å². The number of hydrogen-bond acceptors (Lipinski definition) is 4. The SMILES string of the molecule is Cn1nc(-c2ccc(O)cc2)c(-c2ccccc2O)c1-c1ccc(O)cc1. The molecule has 0 atom stereocenters. The van der Waals surface area contributed by atoms with Gasteiger partial charge in [-0.25, -0.2) is 0 Å². The monoisotopic (exact) mass is 358 g/mol. The Morgan fingerprint density at radius 2 is 1.26 bits per heavy atom. The number of nitrogens with zero attached hydrogens (tertiary/aromatic N) is 2. The molecule has 0 saturated heterocycles. The van der Waals surface area contributed by atoms with Crippen LogP contribution in [0.25, 0.3) is 33.6 Å². The standard InChI is InChI=1S/C22H18N2O3/c1-24-22(15-8-12-17(26)13-9-15)20(18-4-2-3-5-19(18)27)21(23-24)14-6-10-16(25)11-7-14/h2-13,25-27H,1H3. The van der Waals surface area contributed by atoms with E-state index in [1.54, 1.807) is 53.2 Å². The van der Waals surface area contributed by atoms with Gasteiger partial charge in [0.25, 0.3) is 0 Å². The molecule has 27 heavy (non-hydrogen) atoms. The highest BCUT2D eigenvalue weighted by atomic mass is 16.3. The summed E-state index contributed by atoms with van der Waals surface area (Å²) < 4.78 is 1.76. The summed E-state index contributed by atoms with van der Waals surface area (Å²) >= 11 is 0. The fourth-order valence-electron chi connectivity index (χ4n) is 3.24. The first-order valence-corrected chi connectivity index (χ1v) is 8.49. The van der Waals surface area contributed by atoms with E-state index in [9.17, 15) is 15.3 Å². The topological polar surface area (TPSA) is 78.5 Å². The van der Waals surface area contributed by atoms with Crippen molar-refractivity contribution < 1.29 is 15.3 Å². The highest BCUT2D eigenvalue weighted by molar-refractivity contribution is 5.93. The minimum absolute atomic E-state index is 0.158. The van der Waals surface area contributed by atoms with Gasteiger partial charge < -0.3 is 15.3 Å². The Bertz CT molecular complexity index is 1100. The zero-order valence-corrected chi connectivity index (χ0v) is 14.7. The summed E-state index contributed by atoms with van der Waals surface area (Å²) in [6.45, 7) is 0. The lowest BCUT2D eigenvalue weighted by atomic mass is 9.95. The molecule has 1 heterocycles. The van der Waals surface area contributed by atoms with Gasteiger partial charge in [-0.3, -0.25) is 4.68 Å². The van der Waals surface area contributed by atoms with Gasteiger partial charge in [0.2, 0.25) is 0 Å². The molecule has 0 aliphatic heterocycles. The molecule has 5 nitrogen and oxygen atoms in total. The van der Waals surface area contributed by atoms with Crippen molar-refractivity contribution >= 4 is 0 Å². The van der Waals surface area contributed by atoms with Gasteiger partial charge in [0.05, 0.1) is 5.69 Å². The zero-order chi connectivity index (χ0) is 19.0. The lowest BCUT2D eigenvalue weighted by molar-refractivity contribution is 0.475. The van der Waals surface area contributed by atoms with E-state index >= 15 is 0 Å². The number of aryl methyl sites for hydroxylation is 1. The number of phenolic OH excluding ortho intramolecular Hbond substituents is 3. The Labute approximate surface area is 156 Å². The van der Waals surface area contributed by atoms with Crippen LogP contribution < -0.4 is 0 Å². The fourth-order valence-corrected chi connectivity index (χ4v) is 3.24. The van der Waals surface area contributed by atoms with Crippen LogP contribution >= 0.6 is 0 Å². The smallest absolute Gasteiger partial charge is 0.123 e. The Morgan fingerprint density at radius 3 is 1.85 bits per heavy atom. The van der Waals surface area contributed by atoms with Crippen LogP contribution in [0.5, 0.6) is 17.2 Å². The van der Waals surface area contributed by atoms with Crippen LogP contribution in [-0.2, 0) is 7.05 Å². The molecule has 3 N–H and O–H groups in total. The van der Waals surface area contributed by atoms with Crippen LogP contribution in [0.3, 0.4) is 0 Å². The van der Waals surface area contributed by atoms with Gasteiger partial charge in [0.1, 0.15) is 22.9 Å². The second kappa shape index (κ2) is 6.53. The highest BCUT2D eigenvalue weighted by Gasteiger charge is 2.22. The molecule has 3 aromatic carbocycles. The molecule has 0 radical (unpaired) electrons. The average molecular weight is 358 g/mol. The molecule has 4 rings (SSSR count). The van der Waals surface area contributed by atoms with Crippen LogP contribution in [0.15, 0.2) is 72.8 Å². The van der Waals surface area contributed by atoms with Crippen molar-refractivity contribution in [3.63, 3.8) is 0 Å². The van der Waals surface area contributed by atoms with Crippen LogP contribution in [0.4, 0.5) is 0 Å². The highest BCUT2D eigenvalue weighted by Crippen LogP contribution is 2.43. The number of hydrogen-bond donors (Lipinski definition) is 3. The molecular weight excluding hydrogens is 340 g/mol. The second-order valence-electron chi connectivity index (χ2n) is 6.31. The van der Waals surface area contributed by atoms with Crippen molar-refractivity contribution in [3.8, 4) is 50.9 Å².